The maximum atomic E-state index is 10.5. The molecule has 0 amide bonds. The van der Waals surface area contributed by atoms with E-state index in [0.29, 0.717) is 24.2 Å². The summed E-state index contributed by atoms with van der Waals surface area (Å²) in [4.78, 5) is 0. The van der Waals surface area contributed by atoms with E-state index in [1.54, 1.807) is 0 Å². The zero-order chi connectivity index (χ0) is 16.6. The fraction of sp³-hybridized carbons (Fsp3) is 1.00. The Labute approximate surface area is 140 Å². The molecule has 9 atom stereocenters. The summed E-state index contributed by atoms with van der Waals surface area (Å²) in [6.07, 6.45) is 8.30. The van der Waals surface area contributed by atoms with Crippen molar-refractivity contribution in [1.29, 1.82) is 0 Å². The van der Waals surface area contributed by atoms with Crippen LogP contribution in [0.4, 0.5) is 0 Å². The van der Waals surface area contributed by atoms with Crippen LogP contribution >= 0.6 is 0 Å². The third-order valence-electron chi connectivity index (χ3n) is 8.89. The minimum absolute atomic E-state index is 0.110. The van der Waals surface area contributed by atoms with Gasteiger partial charge in [0.25, 0.3) is 0 Å². The maximum absolute atomic E-state index is 10.5. The zero-order valence-corrected chi connectivity index (χ0v) is 14.7. The highest BCUT2D eigenvalue weighted by molar-refractivity contribution is 5.12. The van der Waals surface area contributed by atoms with Gasteiger partial charge in [-0.1, -0.05) is 13.8 Å². The van der Waals surface area contributed by atoms with Gasteiger partial charge in [0.05, 0.1) is 6.10 Å². The lowest BCUT2D eigenvalue weighted by Gasteiger charge is -2.62. The maximum Gasteiger partial charge on any atom is 0.129 e. The molecule has 0 bridgehead atoms. The van der Waals surface area contributed by atoms with Crippen molar-refractivity contribution >= 4 is 0 Å². The quantitative estimate of drug-likeness (QED) is 0.513. The van der Waals surface area contributed by atoms with Crippen LogP contribution < -0.4 is 11.5 Å². The Hall–Kier alpha value is -0.160. The molecule has 4 nitrogen and oxygen atoms in total. The molecule has 23 heavy (non-hydrogen) atoms. The van der Waals surface area contributed by atoms with Gasteiger partial charge in [0.15, 0.2) is 0 Å². The van der Waals surface area contributed by atoms with Crippen LogP contribution in [0.3, 0.4) is 0 Å². The van der Waals surface area contributed by atoms with E-state index in [0.717, 1.165) is 31.6 Å². The molecular weight excluding hydrogens is 288 g/mol. The van der Waals surface area contributed by atoms with Crippen LogP contribution in [-0.2, 0) is 0 Å². The Kier molecular flexibility index (Phi) is 3.50. The molecule has 0 aromatic rings. The first-order valence-electron chi connectivity index (χ1n) is 9.63. The SMILES string of the molecule is C[C@]12CC(N)[C@@](N)(O)CC1CC[C@@H]1[C@@H]2CC[C@]2(C)C(O)CC[C@@H]12. The monoisotopic (exact) mass is 322 g/mol. The molecule has 0 heterocycles. The third kappa shape index (κ3) is 2.11. The van der Waals surface area contributed by atoms with Gasteiger partial charge in [-0.25, -0.2) is 0 Å². The Bertz CT molecular complexity index is 496. The molecule has 0 saturated heterocycles. The number of rotatable bonds is 0. The molecule has 0 radical (unpaired) electrons. The molecule has 0 spiro atoms. The number of nitrogens with two attached hydrogens (primary N) is 2. The van der Waals surface area contributed by atoms with Crippen LogP contribution in [0.5, 0.6) is 0 Å². The summed E-state index contributed by atoms with van der Waals surface area (Å²) in [5.74, 6) is 2.58. The average molecular weight is 322 g/mol. The summed E-state index contributed by atoms with van der Waals surface area (Å²) in [7, 11) is 0. The van der Waals surface area contributed by atoms with Gasteiger partial charge in [0.1, 0.15) is 5.72 Å². The second-order valence-electron chi connectivity index (χ2n) is 9.80. The molecule has 4 heteroatoms. The second-order valence-corrected chi connectivity index (χ2v) is 9.80. The van der Waals surface area contributed by atoms with E-state index in [-0.39, 0.29) is 23.0 Å². The summed E-state index contributed by atoms with van der Waals surface area (Å²) >= 11 is 0. The van der Waals surface area contributed by atoms with E-state index in [1.165, 1.54) is 19.3 Å². The molecule has 4 fully saturated rings. The second kappa shape index (κ2) is 4.94. The van der Waals surface area contributed by atoms with E-state index in [4.69, 9.17) is 11.5 Å². The van der Waals surface area contributed by atoms with Gasteiger partial charge in [-0.05, 0) is 85.9 Å². The van der Waals surface area contributed by atoms with E-state index in [9.17, 15) is 10.2 Å². The van der Waals surface area contributed by atoms with Crippen molar-refractivity contribution < 1.29 is 10.2 Å². The summed E-state index contributed by atoms with van der Waals surface area (Å²) in [5.41, 5.74) is 11.5. The molecule has 4 aliphatic carbocycles. The highest BCUT2D eigenvalue weighted by Crippen LogP contribution is 2.66. The van der Waals surface area contributed by atoms with Crippen LogP contribution in [-0.4, -0.2) is 28.1 Å². The number of aliphatic hydroxyl groups is 2. The topological polar surface area (TPSA) is 92.5 Å². The predicted octanol–water partition coefficient (Wildman–Crippen LogP) is 1.97. The van der Waals surface area contributed by atoms with Gasteiger partial charge in [0, 0.05) is 6.04 Å². The normalized spacial score (nSPS) is 62.3. The van der Waals surface area contributed by atoms with Gasteiger partial charge in [-0.15, -0.1) is 0 Å². The molecular formula is C19H34N2O2. The molecule has 4 aliphatic rings. The van der Waals surface area contributed by atoms with Gasteiger partial charge in [-0.3, -0.25) is 0 Å². The fourth-order valence-electron chi connectivity index (χ4n) is 7.36. The molecule has 0 aromatic heterocycles. The van der Waals surface area contributed by atoms with Crippen molar-refractivity contribution in [1.82, 2.24) is 0 Å². The molecule has 4 rings (SSSR count). The van der Waals surface area contributed by atoms with Gasteiger partial charge < -0.3 is 21.7 Å². The van der Waals surface area contributed by atoms with Crippen LogP contribution in [0.25, 0.3) is 0 Å². The van der Waals surface area contributed by atoms with Crippen LogP contribution in [0.15, 0.2) is 0 Å². The molecule has 132 valence electrons. The predicted molar refractivity (Wildman–Crippen MR) is 90.2 cm³/mol. The summed E-state index contributed by atoms with van der Waals surface area (Å²) < 4.78 is 0. The van der Waals surface area contributed by atoms with Crippen LogP contribution in [0.1, 0.15) is 65.2 Å². The number of fused-ring (bicyclic) bond motifs is 5. The highest BCUT2D eigenvalue weighted by Gasteiger charge is 2.62. The fourth-order valence-corrected chi connectivity index (χ4v) is 7.36. The standard InChI is InChI=1S/C19H34N2O2/c1-17-8-7-14-12(13(17)5-6-16(17)22)4-3-11-9-19(21,23)15(20)10-18(11,14)2/h11-16,22-23H,3-10,20-21H2,1-2H3/t11?,12-,13-,14-,15?,16?,17-,18-,19-/m0/s1. The minimum Gasteiger partial charge on any atom is -0.393 e. The first kappa shape index (κ1) is 16.3. The van der Waals surface area contributed by atoms with Crippen LogP contribution in [0.2, 0.25) is 0 Å². The van der Waals surface area contributed by atoms with Crippen molar-refractivity contribution in [3.63, 3.8) is 0 Å². The van der Waals surface area contributed by atoms with Crippen molar-refractivity contribution in [2.24, 2.45) is 46.0 Å². The summed E-state index contributed by atoms with van der Waals surface area (Å²) in [6, 6.07) is -0.315. The van der Waals surface area contributed by atoms with Crippen molar-refractivity contribution in [2.45, 2.75) is 83.1 Å². The molecule has 6 N–H and O–H groups in total. The summed E-state index contributed by atoms with van der Waals surface area (Å²) in [6.45, 7) is 4.74. The van der Waals surface area contributed by atoms with E-state index in [2.05, 4.69) is 13.8 Å². The molecule has 0 aromatic carbocycles. The van der Waals surface area contributed by atoms with Crippen molar-refractivity contribution in [2.75, 3.05) is 0 Å². The first-order valence-corrected chi connectivity index (χ1v) is 9.63. The third-order valence-corrected chi connectivity index (χ3v) is 8.89. The number of hydrogen-bond donors (Lipinski definition) is 4. The molecule has 0 aliphatic heterocycles. The van der Waals surface area contributed by atoms with Crippen molar-refractivity contribution in [3.8, 4) is 0 Å². The Balaban J connectivity index is 1.64. The first-order chi connectivity index (χ1) is 10.7. The largest absolute Gasteiger partial charge is 0.393 e. The average Bonchev–Trinajstić information content (AvgIpc) is 2.77. The smallest absolute Gasteiger partial charge is 0.129 e. The van der Waals surface area contributed by atoms with Crippen LogP contribution in [0, 0.1) is 34.5 Å². The zero-order valence-electron chi connectivity index (χ0n) is 14.7. The summed E-state index contributed by atoms with van der Waals surface area (Å²) in [5, 5.41) is 20.9. The number of hydrogen-bond acceptors (Lipinski definition) is 4. The molecule has 3 unspecified atom stereocenters. The highest BCUT2D eigenvalue weighted by atomic mass is 16.3. The Morgan fingerprint density at radius 1 is 0.913 bits per heavy atom. The lowest BCUT2D eigenvalue weighted by Crippen LogP contribution is -2.66. The van der Waals surface area contributed by atoms with Gasteiger partial charge in [0.2, 0.25) is 0 Å². The van der Waals surface area contributed by atoms with Gasteiger partial charge >= 0.3 is 0 Å². The Morgan fingerprint density at radius 3 is 2.35 bits per heavy atom. The number of aliphatic hydroxyl groups excluding tert-OH is 1. The lowest BCUT2D eigenvalue weighted by molar-refractivity contribution is -0.160. The van der Waals surface area contributed by atoms with Gasteiger partial charge in [-0.2, -0.15) is 0 Å². The van der Waals surface area contributed by atoms with Crippen molar-refractivity contribution in [3.05, 3.63) is 0 Å². The van der Waals surface area contributed by atoms with E-state index in [1.807, 2.05) is 0 Å². The lowest BCUT2D eigenvalue weighted by atomic mass is 9.44. The molecule has 4 saturated carbocycles. The van der Waals surface area contributed by atoms with E-state index < -0.39 is 5.72 Å². The Morgan fingerprint density at radius 2 is 1.61 bits per heavy atom. The van der Waals surface area contributed by atoms with E-state index >= 15 is 0 Å². The minimum atomic E-state index is -1.19.